The number of rotatable bonds is 6. The highest BCUT2D eigenvalue weighted by Crippen LogP contribution is 2.11. The lowest BCUT2D eigenvalue weighted by Crippen LogP contribution is -2.00. The van der Waals surface area contributed by atoms with Crippen molar-refractivity contribution in [1.29, 1.82) is 0 Å². The third-order valence-electron chi connectivity index (χ3n) is 2.79. The van der Waals surface area contributed by atoms with Gasteiger partial charge in [-0.1, -0.05) is 0 Å². The highest BCUT2D eigenvalue weighted by Gasteiger charge is 2.05. The van der Waals surface area contributed by atoms with E-state index >= 15 is 0 Å². The summed E-state index contributed by atoms with van der Waals surface area (Å²) in [4.78, 5) is 21.9. The molecule has 5 heteroatoms. The first-order valence-electron chi connectivity index (χ1n) is 6.00. The molecule has 0 aromatic carbocycles. The van der Waals surface area contributed by atoms with Crippen molar-refractivity contribution in [2.45, 2.75) is 0 Å². The van der Waals surface area contributed by atoms with Crippen molar-refractivity contribution >= 4 is 24.3 Å². The zero-order chi connectivity index (χ0) is 14.4. The summed E-state index contributed by atoms with van der Waals surface area (Å²) in [5.74, 6) is 0.127. The minimum atomic E-state index is -0.184. The number of ketones is 1. The highest BCUT2D eigenvalue weighted by atomic mass is 16.3. The van der Waals surface area contributed by atoms with E-state index < -0.39 is 0 Å². The molecule has 2 aromatic rings. The smallest absolute Gasteiger partial charge is 0.221 e. The van der Waals surface area contributed by atoms with Crippen LogP contribution in [-0.4, -0.2) is 16.8 Å². The van der Waals surface area contributed by atoms with E-state index in [1.165, 1.54) is 12.3 Å². The molecule has 0 saturated heterocycles. The minimum absolute atomic E-state index is 0.184. The summed E-state index contributed by atoms with van der Waals surface area (Å²) in [6, 6.07) is 7.07. The van der Waals surface area contributed by atoms with Crippen molar-refractivity contribution in [1.82, 2.24) is 9.88 Å². The molecule has 20 heavy (non-hydrogen) atoms. The molecule has 0 fully saturated rings. The van der Waals surface area contributed by atoms with Crippen molar-refractivity contribution in [2.24, 2.45) is 7.05 Å². The molecule has 102 valence electrons. The fourth-order valence-electron chi connectivity index (χ4n) is 1.71. The fourth-order valence-corrected chi connectivity index (χ4v) is 1.71. The highest BCUT2D eigenvalue weighted by molar-refractivity contribution is 6.04. The molecule has 0 bridgehead atoms. The van der Waals surface area contributed by atoms with Gasteiger partial charge in [0.2, 0.25) is 12.2 Å². The number of amides is 1. The molecule has 0 aliphatic carbocycles. The number of carbonyl (C=O) groups is 2. The number of nitrogens with zero attached hydrogens (tertiary/aromatic N) is 1. The molecule has 2 heterocycles. The van der Waals surface area contributed by atoms with Crippen LogP contribution in [0.1, 0.15) is 21.9 Å². The summed E-state index contributed by atoms with van der Waals surface area (Å²) >= 11 is 0. The largest absolute Gasteiger partial charge is 0.461 e. The van der Waals surface area contributed by atoms with Gasteiger partial charge < -0.3 is 14.3 Å². The maximum absolute atomic E-state index is 11.8. The number of aromatic nitrogens is 1. The van der Waals surface area contributed by atoms with Crippen LogP contribution < -0.4 is 5.32 Å². The van der Waals surface area contributed by atoms with Gasteiger partial charge in [-0.15, -0.1) is 0 Å². The number of furan rings is 1. The molecule has 1 amide bonds. The lowest BCUT2D eigenvalue weighted by Gasteiger charge is -2.00. The Morgan fingerprint density at radius 3 is 2.65 bits per heavy atom. The van der Waals surface area contributed by atoms with Gasteiger partial charge in [0.25, 0.3) is 0 Å². The Kier molecular flexibility index (Phi) is 4.34. The van der Waals surface area contributed by atoms with E-state index in [1.54, 1.807) is 30.5 Å². The van der Waals surface area contributed by atoms with E-state index in [9.17, 15) is 9.59 Å². The van der Waals surface area contributed by atoms with Crippen LogP contribution in [0.25, 0.3) is 12.2 Å². The van der Waals surface area contributed by atoms with Crippen LogP contribution in [0, 0.1) is 0 Å². The molecule has 0 atom stereocenters. The molecule has 1 N–H and O–H groups in total. The van der Waals surface area contributed by atoms with Crippen molar-refractivity contribution in [3.05, 3.63) is 60.0 Å². The van der Waals surface area contributed by atoms with E-state index in [4.69, 9.17) is 4.42 Å². The predicted octanol–water partition coefficient (Wildman–Crippen LogP) is 2.23. The predicted molar refractivity (Wildman–Crippen MR) is 75.7 cm³/mol. The Balaban J connectivity index is 2.10. The first-order chi connectivity index (χ1) is 9.72. The van der Waals surface area contributed by atoms with E-state index in [0.29, 0.717) is 12.2 Å². The van der Waals surface area contributed by atoms with Gasteiger partial charge in [0.05, 0.1) is 6.26 Å². The number of nitrogens with one attached hydrogen (secondary N) is 1. The lowest BCUT2D eigenvalue weighted by atomic mass is 10.2. The zero-order valence-corrected chi connectivity index (χ0v) is 10.9. The van der Waals surface area contributed by atoms with Crippen LogP contribution in [0.4, 0.5) is 0 Å². The fraction of sp³-hybridized carbons (Fsp3) is 0.0667. The second-order valence-electron chi connectivity index (χ2n) is 4.03. The molecule has 5 nitrogen and oxygen atoms in total. The molecule has 0 saturated carbocycles. The van der Waals surface area contributed by atoms with Gasteiger partial charge in [-0.3, -0.25) is 9.59 Å². The molecule has 0 aliphatic heterocycles. The second kappa shape index (κ2) is 6.38. The number of hydrogen-bond acceptors (Lipinski definition) is 3. The molecule has 2 aromatic heterocycles. The van der Waals surface area contributed by atoms with E-state index in [1.807, 2.05) is 23.7 Å². The summed E-state index contributed by atoms with van der Waals surface area (Å²) in [5.41, 5.74) is 1.78. The second-order valence-corrected chi connectivity index (χ2v) is 4.03. The van der Waals surface area contributed by atoms with Crippen molar-refractivity contribution < 1.29 is 14.0 Å². The molecule has 0 spiro atoms. The molecule has 0 unspecified atom stereocenters. The summed E-state index contributed by atoms with van der Waals surface area (Å²) in [6.45, 7) is 0. The Hall–Kier alpha value is -2.82. The summed E-state index contributed by atoms with van der Waals surface area (Å²) < 4.78 is 6.92. The Bertz CT molecular complexity index is 649. The van der Waals surface area contributed by atoms with Crippen LogP contribution in [0.15, 0.2) is 47.2 Å². The van der Waals surface area contributed by atoms with Gasteiger partial charge in [0.1, 0.15) is 0 Å². The van der Waals surface area contributed by atoms with E-state index in [2.05, 4.69) is 5.32 Å². The van der Waals surface area contributed by atoms with Gasteiger partial charge in [-0.25, -0.2) is 0 Å². The SMILES string of the molecule is Cn1c(/C=C/NC=O)ccc1/C=C/C(=O)c1ccco1. The van der Waals surface area contributed by atoms with Crippen LogP contribution in [0.3, 0.4) is 0 Å². The topological polar surface area (TPSA) is 64.2 Å². The average molecular weight is 270 g/mol. The summed E-state index contributed by atoms with van der Waals surface area (Å²) in [5, 5.41) is 2.44. The number of carbonyl (C=O) groups excluding carboxylic acids is 2. The Morgan fingerprint density at radius 2 is 2.00 bits per heavy atom. The van der Waals surface area contributed by atoms with Crippen molar-refractivity contribution in [3.8, 4) is 0 Å². The van der Waals surface area contributed by atoms with Crippen LogP contribution >= 0.6 is 0 Å². The van der Waals surface area contributed by atoms with Gasteiger partial charge in [-0.2, -0.15) is 0 Å². The maximum Gasteiger partial charge on any atom is 0.221 e. The van der Waals surface area contributed by atoms with Crippen LogP contribution in [0.5, 0.6) is 0 Å². The Labute approximate surface area is 116 Å². The van der Waals surface area contributed by atoms with Gasteiger partial charge in [0, 0.05) is 24.6 Å². The normalized spacial score (nSPS) is 11.2. The first kappa shape index (κ1) is 13.6. The van der Waals surface area contributed by atoms with Crippen LogP contribution in [-0.2, 0) is 11.8 Å². The molecule has 0 aliphatic rings. The molecular formula is C15H14N2O3. The van der Waals surface area contributed by atoms with E-state index in [0.717, 1.165) is 11.4 Å². The molecule has 2 rings (SSSR count). The van der Waals surface area contributed by atoms with Crippen molar-refractivity contribution in [3.63, 3.8) is 0 Å². The Morgan fingerprint density at radius 1 is 1.25 bits per heavy atom. The average Bonchev–Trinajstić information content (AvgIpc) is 3.08. The number of hydrogen-bond donors (Lipinski definition) is 1. The van der Waals surface area contributed by atoms with Gasteiger partial charge in [-0.05, 0) is 42.5 Å². The van der Waals surface area contributed by atoms with Crippen LogP contribution in [0.2, 0.25) is 0 Å². The summed E-state index contributed by atoms with van der Waals surface area (Å²) in [6.07, 6.45) is 8.55. The quantitative estimate of drug-likeness (QED) is 0.497. The monoisotopic (exact) mass is 270 g/mol. The first-order valence-corrected chi connectivity index (χ1v) is 6.00. The molecular weight excluding hydrogens is 256 g/mol. The molecule has 0 radical (unpaired) electrons. The van der Waals surface area contributed by atoms with Crippen molar-refractivity contribution in [2.75, 3.05) is 0 Å². The zero-order valence-electron chi connectivity index (χ0n) is 10.9. The standard InChI is InChI=1S/C15H14N2O3/c1-17-12(4-5-13(17)8-9-16-11-18)6-7-14(19)15-3-2-10-20-15/h2-11H,1H3,(H,16,18)/b7-6+,9-8+. The summed E-state index contributed by atoms with van der Waals surface area (Å²) in [7, 11) is 1.87. The van der Waals surface area contributed by atoms with E-state index in [-0.39, 0.29) is 5.78 Å². The minimum Gasteiger partial charge on any atom is -0.461 e. The van der Waals surface area contributed by atoms with Gasteiger partial charge >= 0.3 is 0 Å². The maximum atomic E-state index is 11.8. The third-order valence-corrected chi connectivity index (χ3v) is 2.79. The lowest BCUT2D eigenvalue weighted by molar-refractivity contribution is -0.108. The van der Waals surface area contributed by atoms with Gasteiger partial charge in [0.15, 0.2) is 5.76 Å². The third kappa shape index (κ3) is 3.14. The number of allylic oxidation sites excluding steroid dienone is 1.